The fraction of sp³-hybridized carbons (Fsp3) is 0.769. The van der Waals surface area contributed by atoms with E-state index in [0.717, 1.165) is 38.4 Å². The average molecular weight is 237 g/mol. The maximum atomic E-state index is 5.61. The Bertz CT molecular complexity index is 318. The number of imidazole rings is 1. The molecule has 4 heteroatoms. The molecule has 1 atom stereocenters. The third-order valence-corrected chi connectivity index (χ3v) is 3.15. The van der Waals surface area contributed by atoms with Crippen molar-refractivity contribution >= 4 is 0 Å². The van der Waals surface area contributed by atoms with Crippen LogP contribution in [0.2, 0.25) is 0 Å². The number of hydrogen-bond donors (Lipinski definition) is 1. The molecule has 1 unspecified atom stereocenters. The van der Waals surface area contributed by atoms with E-state index in [0.29, 0.717) is 6.10 Å². The van der Waals surface area contributed by atoms with Gasteiger partial charge < -0.3 is 14.6 Å². The summed E-state index contributed by atoms with van der Waals surface area (Å²) in [6.45, 7) is 6.07. The number of ether oxygens (including phenoxy) is 1. The molecule has 0 spiro atoms. The highest BCUT2D eigenvalue weighted by atomic mass is 16.5. The Kier molecular flexibility index (Phi) is 5.01. The van der Waals surface area contributed by atoms with Gasteiger partial charge in [0.2, 0.25) is 0 Å². The number of nitrogens with zero attached hydrogens (tertiary/aromatic N) is 2. The molecule has 0 radical (unpaired) electrons. The van der Waals surface area contributed by atoms with Crippen LogP contribution in [0.15, 0.2) is 12.5 Å². The zero-order valence-corrected chi connectivity index (χ0v) is 10.7. The van der Waals surface area contributed by atoms with Crippen molar-refractivity contribution in [3.05, 3.63) is 18.2 Å². The summed E-state index contributed by atoms with van der Waals surface area (Å²) < 4.78 is 7.79. The second-order valence-electron chi connectivity index (χ2n) is 4.70. The molecule has 1 saturated heterocycles. The van der Waals surface area contributed by atoms with Crippen molar-refractivity contribution < 1.29 is 4.74 Å². The average Bonchev–Trinajstić information content (AvgIpc) is 2.98. The van der Waals surface area contributed by atoms with Gasteiger partial charge in [0.1, 0.15) is 0 Å². The highest BCUT2D eigenvalue weighted by molar-refractivity contribution is 4.96. The Hall–Kier alpha value is -0.870. The second kappa shape index (κ2) is 6.77. The zero-order chi connectivity index (χ0) is 11.9. The Morgan fingerprint density at radius 1 is 1.59 bits per heavy atom. The lowest BCUT2D eigenvalue weighted by molar-refractivity contribution is 0.100. The lowest BCUT2D eigenvalue weighted by atomic mass is 10.2. The molecule has 1 fully saturated rings. The number of aromatic nitrogens is 2. The third kappa shape index (κ3) is 4.13. The summed E-state index contributed by atoms with van der Waals surface area (Å²) in [6, 6.07) is 0. The predicted octanol–water partition coefficient (Wildman–Crippen LogP) is 1.95. The van der Waals surface area contributed by atoms with Gasteiger partial charge in [0.25, 0.3) is 0 Å². The Balaban J connectivity index is 1.69. The summed E-state index contributed by atoms with van der Waals surface area (Å²) in [4.78, 5) is 4.39. The standard InChI is InChI=1S/C13H23N3O/c1-2-6-14-9-12-10-16(11-15-12)7-5-13-4-3-8-17-13/h10-11,13-14H,2-9H2,1H3. The molecule has 1 N–H and O–H groups in total. The van der Waals surface area contributed by atoms with Crippen molar-refractivity contribution in [3.8, 4) is 0 Å². The van der Waals surface area contributed by atoms with E-state index in [4.69, 9.17) is 4.74 Å². The first-order valence-corrected chi connectivity index (χ1v) is 6.71. The minimum absolute atomic E-state index is 0.471. The van der Waals surface area contributed by atoms with Crippen molar-refractivity contribution in [2.75, 3.05) is 13.2 Å². The van der Waals surface area contributed by atoms with Gasteiger partial charge in [-0.1, -0.05) is 6.92 Å². The van der Waals surface area contributed by atoms with Crippen LogP contribution in [0.4, 0.5) is 0 Å². The van der Waals surface area contributed by atoms with Crippen LogP contribution in [0.25, 0.3) is 0 Å². The molecule has 4 nitrogen and oxygen atoms in total. The quantitative estimate of drug-likeness (QED) is 0.737. The van der Waals surface area contributed by atoms with Crippen molar-refractivity contribution in [2.24, 2.45) is 0 Å². The molecule has 2 rings (SSSR count). The first kappa shape index (κ1) is 12.6. The van der Waals surface area contributed by atoms with Gasteiger partial charge in [-0.05, 0) is 32.2 Å². The summed E-state index contributed by atoms with van der Waals surface area (Å²) in [5, 5.41) is 3.36. The number of hydrogen-bond acceptors (Lipinski definition) is 3. The zero-order valence-electron chi connectivity index (χ0n) is 10.7. The molecule has 0 aliphatic carbocycles. The SMILES string of the molecule is CCCNCc1cn(CCC2CCCO2)cn1. The van der Waals surface area contributed by atoms with Gasteiger partial charge in [0.05, 0.1) is 18.1 Å². The fourth-order valence-electron chi connectivity index (χ4n) is 2.18. The predicted molar refractivity (Wildman–Crippen MR) is 67.8 cm³/mol. The smallest absolute Gasteiger partial charge is 0.0949 e. The molecule has 0 aromatic carbocycles. The van der Waals surface area contributed by atoms with E-state index in [-0.39, 0.29) is 0 Å². The highest BCUT2D eigenvalue weighted by Gasteiger charge is 2.14. The monoisotopic (exact) mass is 237 g/mol. The third-order valence-electron chi connectivity index (χ3n) is 3.15. The lowest BCUT2D eigenvalue weighted by Crippen LogP contribution is -2.14. The molecular formula is C13H23N3O. The van der Waals surface area contributed by atoms with Crippen molar-refractivity contribution in [2.45, 2.75) is 51.8 Å². The summed E-state index contributed by atoms with van der Waals surface area (Å²) >= 11 is 0. The maximum absolute atomic E-state index is 5.61. The molecular weight excluding hydrogens is 214 g/mol. The highest BCUT2D eigenvalue weighted by Crippen LogP contribution is 2.15. The molecule has 1 aliphatic rings. The van der Waals surface area contributed by atoms with Crippen LogP contribution in [0.3, 0.4) is 0 Å². The first-order chi connectivity index (χ1) is 8.38. The second-order valence-corrected chi connectivity index (χ2v) is 4.70. The molecule has 0 amide bonds. The van der Waals surface area contributed by atoms with Gasteiger partial charge >= 0.3 is 0 Å². The van der Waals surface area contributed by atoms with Gasteiger partial charge in [-0.15, -0.1) is 0 Å². The number of nitrogens with one attached hydrogen (secondary N) is 1. The van der Waals surface area contributed by atoms with Crippen LogP contribution >= 0.6 is 0 Å². The van der Waals surface area contributed by atoms with E-state index in [1.54, 1.807) is 0 Å². The Morgan fingerprint density at radius 3 is 3.29 bits per heavy atom. The van der Waals surface area contributed by atoms with Crippen LogP contribution in [-0.4, -0.2) is 28.8 Å². The van der Waals surface area contributed by atoms with Crippen LogP contribution in [0.5, 0.6) is 0 Å². The first-order valence-electron chi connectivity index (χ1n) is 6.71. The maximum Gasteiger partial charge on any atom is 0.0949 e. The van der Waals surface area contributed by atoms with Gasteiger partial charge in [0.15, 0.2) is 0 Å². The summed E-state index contributed by atoms with van der Waals surface area (Å²) in [5.74, 6) is 0. The van der Waals surface area contributed by atoms with Gasteiger partial charge in [-0.2, -0.15) is 0 Å². The Labute approximate surface area is 103 Å². The van der Waals surface area contributed by atoms with Crippen LogP contribution in [0, 0.1) is 0 Å². The topological polar surface area (TPSA) is 39.1 Å². The molecule has 1 aromatic heterocycles. The molecule has 2 heterocycles. The van der Waals surface area contributed by atoms with Crippen LogP contribution < -0.4 is 5.32 Å². The summed E-state index contributed by atoms with van der Waals surface area (Å²) in [7, 11) is 0. The Morgan fingerprint density at radius 2 is 2.53 bits per heavy atom. The minimum atomic E-state index is 0.471. The summed E-state index contributed by atoms with van der Waals surface area (Å²) in [6.07, 6.45) is 9.26. The van der Waals surface area contributed by atoms with E-state index in [1.807, 2.05) is 6.33 Å². The molecule has 1 aromatic rings. The largest absolute Gasteiger partial charge is 0.378 e. The van der Waals surface area contributed by atoms with Gasteiger partial charge in [-0.25, -0.2) is 4.98 Å². The summed E-state index contributed by atoms with van der Waals surface area (Å²) in [5.41, 5.74) is 1.13. The molecule has 0 saturated carbocycles. The van der Waals surface area contributed by atoms with E-state index in [1.165, 1.54) is 19.3 Å². The number of aryl methyl sites for hydroxylation is 1. The van der Waals surface area contributed by atoms with Crippen molar-refractivity contribution in [1.82, 2.24) is 14.9 Å². The molecule has 17 heavy (non-hydrogen) atoms. The van der Waals surface area contributed by atoms with E-state index < -0.39 is 0 Å². The molecule has 96 valence electrons. The van der Waals surface area contributed by atoms with E-state index >= 15 is 0 Å². The van der Waals surface area contributed by atoms with Crippen LogP contribution in [-0.2, 0) is 17.8 Å². The van der Waals surface area contributed by atoms with Gasteiger partial charge in [0, 0.05) is 25.9 Å². The van der Waals surface area contributed by atoms with Gasteiger partial charge in [-0.3, -0.25) is 0 Å². The molecule has 1 aliphatic heterocycles. The number of rotatable bonds is 7. The van der Waals surface area contributed by atoms with Crippen molar-refractivity contribution in [1.29, 1.82) is 0 Å². The van der Waals surface area contributed by atoms with E-state index in [2.05, 4.69) is 28.0 Å². The lowest BCUT2D eigenvalue weighted by Gasteiger charge is -2.08. The minimum Gasteiger partial charge on any atom is -0.378 e. The van der Waals surface area contributed by atoms with E-state index in [9.17, 15) is 0 Å². The fourth-order valence-corrected chi connectivity index (χ4v) is 2.18. The molecule has 0 bridgehead atoms. The van der Waals surface area contributed by atoms with Crippen LogP contribution in [0.1, 0.15) is 38.3 Å². The van der Waals surface area contributed by atoms with Crippen molar-refractivity contribution in [3.63, 3.8) is 0 Å². The normalized spacial score (nSPS) is 19.9.